The summed E-state index contributed by atoms with van der Waals surface area (Å²) in [7, 11) is 0. The van der Waals surface area contributed by atoms with Crippen LogP contribution in [0.15, 0.2) is 0 Å². The molecule has 0 aromatic heterocycles. The third-order valence-electron chi connectivity index (χ3n) is 19.6. The van der Waals surface area contributed by atoms with Crippen LogP contribution in [0.5, 0.6) is 0 Å². The van der Waals surface area contributed by atoms with Crippen molar-refractivity contribution in [3.8, 4) is 0 Å². The van der Waals surface area contributed by atoms with Crippen molar-refractivity contribution in [2.75, 3.05) is 0 Å². The van der Waals surface area contributed by atoms with Gasteiger partial charge in [-0.05, 0) is 168 Å². The zero-order chi connectivity index (χ0) is 33.0. The van der Waals surface area contributed by atoms with E-state index in [0.717, 1.165) is 95.4 Å². The lowest BCUT2D eigenvalue weighted by molar-refractivity contribution is 0.0225. The Morgan fingerprint density at radius 2 is 0.560 bits per heavy atom. The van der Waals surface area contributed by atoms with Crippen LogP contribution in [-0.2, 0) is 0 Å². The lowest BCUT2D eigenvalue weighted by Crippen LogP contribution is -2.49. The molecule has 0 spiro atoms. The summed E-state index contributed by atoms with van der Waals surface area (Å²) >= 11 is 0. The standard InChI is InChI=1S/C48H80N2/c1-4-12-33(13-5-1)35-20-25-40(26-21-35)50-47-27-22-36(34-14-6-2-7-15-34)30-43(47)44-32-38(24-29-48(44)50)37-23-28-46-42(31-37)41-18-10-11-19-45(41)49(46)39-16-8-3-9-17-39/h33-48H,1-32H2. The van der Waals surface area contributed by atoms with Gasteiger partial charge in [-0.3, -0.25) is 9.80 Å². The highest BCUT2D eigenvalue weighted by molar-refractivity contribution is 5.10. The van der Waals surface area contributed by atoms with Gasteiger partial charge in [-0.25, -0.2) is 0 Å². The molecule has 2 saturated heterocycles. The molecule has 8 aliphatic carbocycles. The van der Waals surface area contributed by atoms with Crippen molar-refractivity contribution in [1.82, 2.24) is 9.80 Å². The summed E-state index contributed by atoms with van der Waals surface area (Å²) in [4.78, 5) is 6.65. The van der Waals surface area contributed by atoms with Crippen LogP contribution in [0.3, 0.4) is 0 Å². The molecule has 0 N–H and O–H groups in total. The van der Waals surface area contributed by atoms with Crippen molar-refractivity contribution in [1.29, 1.82) is 0 Å². The van der Waals surface area contributed by atoms with E-state index in [4.69, 9.17) is 0 Å². The number of nitrogens with zero attached hydrogens (tertiary/aromatic N) is 2. The number of hydrogen-bond donors (Lipinski definition) is 0. The predicted octanol–water partition coefficient (Wildman–Crippen LogP) is 12.6. The van der Waals surface area contributed by atoms with Crippen molar-refractivity contribution in [2.24, 2.45) is 59.2 Å². The van der Waals surface area contributed by atoms with Gasteiger partial charge in [0, 0.05) is 36.3 Å². The molecular formula is C48H80N2. The molecule has 282 valence electrons. The fourth-order valence-electron chi connectivity index (χ4n) is 17.5. The number of hydrogen-bond acceptors (Lipinski definition) is 2. The third kappa shape index (κ3) is 6.45. The molecule has 2 heteroatoms. The normalized spacial score (nSPS) is 48.8. The van der Waals surface area contributed by atoms with Crippen LogP contribution in [0, 0.1) is 59.2 Å². The van der Waals surface area contributed by atoms with Crippen molar-refractivity contribution in [3.05, 3.63) is 0 Å². The van der Waals surface area contributed by atoms with Gasteiger partial charge < -0.3 is 0 Å². The zero-order valence-electron chi connectivity index (χ0n) is 32.8. The average Bonchev–Trinajstić information content (AvgIpc) is 3.71. The van der Waals surface area contributed by atoms with Crippen LogP contribution in [0.25, 0.3) is 0 Å². The Balaban J connectivity index is 0.848. The average molecular weight is 685 g/mol. The van der Waals surface area contributed by atoms with Crippen LogP contribution in [-0.4, -0.2) is 46.1 Å². The van der Waals surface area contributed by atoms with E-state index in [1.165, 1.54) is 64.2 Å². The highest BCUT2D eigenvalue weighted by Gasteiger charge is 2.57. The lowest BCUT2D eigenvalue weighted by Gasteiger charge is -2.47. The van der Waals surface area contributed by atoms with Crippen LogP contribution < -0.4 is 0 Å². The van der Waals surface area contributed by atoms with E-state index in [1.807, 2.05) is 0 Å². The van der Waals surface area contributed by atoms with E-state index >= 15 is 0 Å². The Morgan fingerprint density at radius 3 is 1.10 bits per heavy atom. The summed E-state index contributed by atoms with van der Waals surface area (Å²) < 4.78 is 0. The largest absolute Gasteiger partial charge is 0.294 e. The fourth-order valence-corrected chi connectivity index (χ4v) is 17.5. The summed E-state index contributed by atoms with van der Waals surface area (Å²) in [6.07, 6.45) is 50.1. The molecule has 50 heavy (non-hydrogen) atoms. The van der Waals surface area contributed by atoms with Gasteiger partial charge in [0.25, 0.3) is 0 Å². The van der Waals surface area contributed by atoms with Gasteiger partial charge in [-0.2, -0.15) is 0 Å². The Hall–Kier alpha value is -0.0800. The number of rotatable bonds is 5. The van der Waals surface area contributed by atoms with E-state index in [1.54, 1.807) is 141 Å². The van der Waals surface area contributed by atoms with Gasteiger partial charge in [0.15, 0.2) is 0 Å². The van der Waals surface area contributed by atoms with E-state index in [-0.39, 0.29) is 0 Å². The predicted molar refractivity (Wildman–Crippen MR) is 209 cm³/mol. The highest BCUT2D eigenvalue weighted by Crippen LogP contribution is 2.59. The smallest absolute Gasteiger partial charge is 0.0133 e. The fraction of sp³-hybridized carbons (Fsp3) is 1.00. The van der Waals surface area contributed by atoms with Crippen molar-refractivity contribution >= 4 is 0 Å². The summed E-state index contributed by atoms with van der Waals surface area (Å²) in [5.41, 5.74) is 0. The summed E-state index contributed by atoms with van der Waals surface area (Å²) in [5.74, 6) is 10.8. The molecule has 0 aromatic rings. The molecule has 10 fully saturated rings. The first kappa shape index (κ1) is 34.4. The van der Waals surface area contributed by atoms with E-state index in [2.05, 4.69) is 9.80 Å². The van der Waals surface area contributed by atoms with Gasteiger partial charge in [0.2, 0.25) is 0 Å². The number of fused-ring (bicyclic) bond motifs is 6. The van der Waals surface area contributed by atoms with Crippen molar-refractivity contribution in [3.63, 3.8) is 0 Å². The first-order valence-electron chi connectivity index (χ1n) is 24.3. The molecule has 11 unspecified atom stereocenters. The minimum absolute atomic E-state index is 0.947. The van der Waals surface area contributed by atoms with E-state index < -0.39 is 0 Å². The minimum Gasteiger partial charge on any atom is -0.294 e. The van der Waals surface area contributed by atoms with Gasteiger partial charge >= 0.3 is 0 Å². The molecule has 2 heterocycles. The SMILES string of the molecule is C1CCC(C2CCC(N3C4CCC(C5CCCCC5)CC4C4CC(C5CCC6C(C5)C5CCCCC5N6C5CCCCC5)CCC43)CC2)CC1. The van der Waals surface area contributed by atoms with Crippen LogP contribution in [0.4, 0.5) is 0 Å². The van der Waals surface area contributed by atoms with Gasteiger partial charge in [0.1, 0.15) is 0 Å². The molecule has 0 amide bonds. The molecule has 10 aliphatic rings. The molecule has 2 nitrogen and oxygen atoms in total. The zero-order valence-corrected chi connectivity index (χ0v) is 32.8. The van der Waals surface area contributed by atoms with E-state index in [0.29, 0.717) is 0 Å². The lowest BCUT2D eigenvalue weighted by atomic mass is 9.60. The summed E-state index contributed by atoms with van der Waals surface area (Å²) in [6.45, 7) is 0. The second-order valence-corrected chi connectivity index (χ2v) is 21.5. The highest BCUT2D eigenvalue weighted by atomic mass is 15.3. The van der Waals surface area contributed by atoms with Crippen LogP contribution in [0.1, 0.15) is 205 Å². The molecule has 2 aliphatic heterocycles. The van der Waals surface area contributed by atoms with Crippen molar-refractivity contribution in [2.45, 2.75) is 242 Å². The maximum absolute atomic E-state index is 3.38. The van der Waals surface area contributed by atoms with Crippen molar-refractivity contribution < 1.29 is 0 Å². The number of likely N-dealkylation sites (tertiary alicyclic amines) is 2. The monoisotopic (exact) mass is 685 g/mol. The molecule has 0 radical (unpaired) electrons. The second kappa shape index (κ2) is 15.2. The summed E-state index contributed by atoms with van der Waals surface area (Å²) in [6, 6.07) is 5.80. The molecule has 8 saturated carbocycles. The molecule has 0 bridgehead atoms. The Bertz CT molecular complexity index is 1090. The third-order valence-corrected chi connectivity index (χ3v) is 19.6. The maximum Gasteiger partial charge on any atom is 0.0133 e. The van der Waals surface area contributed by atoms with Crippen LogP contribution in [0.2, 0.25) is 0 Å². The van der Waals surface area contributed by atoms with Gasteiger partial charge in [-0.15, -0.1) is 0 Å². The van der Waals surface area contributed by atoms with Gasteiger partial charge in [-0.1, -0.05) is 96.3 Å². The van der Waals surface area contributed by atoms with E-state index in [9.17, 15) is 0 Å². The molecular weight excluding hydrogens is 605 g/mol. The molecule has 11 atom stereocenters. The summed E-state index contributed by atoms with van der Waals surface area (Å²) in [5, 5.41) is 0. The minimum atomic E-state index is 0.947. The topological polar surface area (TPSA) is 6.48 Å². The molecule has 0 aromatic carbocycles. The quantitative estimate of drug-likeness (QED) is 0.284. The Morgan fingerprint density at radius 1 is 0.220 bits per heavy atom. The molecule has 10 rings (SSSR count). The van der Waals surface area contributed by atoms with Crippen LogP contribution >= 0.6 is 0 Å². The maximum atomic E-state index is 3.38. The second-order valence-electron chi connectivity index (χ2n) is 21.5. The Labute approximate surface area is 309 Å². The first-order valence-corrected chi connectivity index (χ1v) is 24.3. The van der Waals surface area contributed by atoms with Gasteiger partial charge in [0.05, 0.1) is 0 Å². The first-order chi connectivity index (χ1) is 24.8. The Kier molecular flexibility index (Phi) is 10.5.